The molecule has 0 saturated carbocycles. The van der Waals surface area contributed by atoms with Gasteiger partial charge in [0.15, 0.2) is 0 Å². The number of nitrogens with one attached hydrogen (secondary N) is 2. The Bertz CT molecular complexity index is 1290. The number of H-pyrrole nitrogens is 1. The van der Waals surface area contributed by atoms with Gasteiger partial charge >= 0.3 is 0 Å². The third kappa shape index (κ3) is 5.45. The number of carbonyl (C=O) groups is 1. The summed E-state index contributed by atoms with van der Waals surface area (Å²) in [6, 6.07) is 16.1. The van der Waals surface area contributed by atoms with E-state index in [1.54, 1.807) is 13.3 Å². The summed E-state index contributed by atoms with van der Waals surface area (Å²) < 4.78 is 5.52. The topological polar surface area (TPSA) is 83.1 Å². The first kappa shape index (κ1) is 22.9. The molecule has 5 rings (SSSR count). The van der Waals surface area contributed by atoms with E-state index < -0.39 is 0 Å². The highest BCUT2D eigenvalue weighted by molar-refractivity contribution is 5.95. The van der Waals surface area contributed by atoms with Gasteiger partial charge in [-0.25, -0.2) is 0 Å². The van der Waals surface area contributed by atoms with Crippen molar-refractivity contribution < 1.29 is 9.53 Å². The fourth-order valence-corrected chi connectivity index (χ4v) is 4.89. The summed E-state index contributed by atoms with van der Waals surface area (Å²) in [5.74, 6) is 1.37. The van der Waals surface area contributed by atoms with Gasteiger partial charge in [0, 0.05) is 43.0 Å². The highest BCUT2D eigenvalue weighted by atomic mass is 16.5. The van der Waals surface area contributed by atoms with Crippen molar-refractivity contribution in [3.63, 3.8) is 0 Å². The number of rotatable bonds is 7. The Morgan fingerprint density at radius 1 is 1.11 bits per heavy atom. The van der Waals surface area contributed by atoms with Gasteiger partial charge < -0.3 is 15.0 Å². The minimum atomic E-state index is 0.0811. The number of likely N-dealkylation sites (tertiary alicyclic amines) is 1. The van der Waals surface area contributed by atoms with E-state index >= 15 is 0 Å². The molecule has 2 aromatic carbocycles. The lowest BCUT2D eigenvalue weighted by Crippen LogP contribution is -2.32. The maximum absolute atomic E-state index is 13.4. The van der Waals surface area contributed by atoms with E-state index in [0.717, 1.165) is 66.7 Å². The maximum Gasteiger partial charge on any atom is 0.253 e. The van der Waals surface area contributed by atoms with Gasteiger partial charge in [-0.3, -0.25) is 14.9 Å². The van der Waals surface area contributed by atoms with Crippen LogP contribution in [0.1, 0.15) is 40.7 Å². The largest absolute Gasteiger partial charge is 0.495 e. The molecular weight excluding hydrogens is 438 g/mol. The number of pyridine rings is 1. The summed E-state index contributed by atoms with van der Waals surface area (Å²) >= 11 is 0. The molecule has 1 atom stereocenters. The quantitative estimate of drug-likeness (QED) is 0.395. The van der Waals surface area contributed by atoms with E-state index in [2.05, 4.69) is 38.7 Å². The molecule has 0 radical (unpaired) electrons. The molecule has 3 heterocycles. The van der Waals surface area contributed by atoms with Crippen LogP contribution in [0.5, 0.6) is 5.75 Å². The lowest BCUT2D eigenvalue weighted by atomic mass is 9.92. The second kappa shape index (κ2) is 10.6. The Labute approximate surface area is 205 Å². The minimum absolute atomic E-state index is 0.0811. The number of nitrogens with zero attached hydrogens (tertiary/aromatic N) is 3. The molecule has 35 heavy (non-hydrogen) atoms. The molecular formula is C28H31N5O2. The molecule has 0 bridgehead atoms. The van der Waals surface area contributed by atoms with Crippen molar-refractivity contribution in [3.8, 4) is 5.75 Å². The molecule has 1 amide bonds. The molecule has 0 spiro atoms. The van der Waals surface area contributed by atoms with Crippen LogP contribution in [-0.2, 0) is 13.0 Å². The van der Waals surface area contributed by atoms with E-state index in [1.807, 2.05) is 47.6 Å². The summed E-state index contributed by atoms with van der Waals surface area (Å²) in [5.41, 5.74) is 4.97. The van der Waals surface area contributed by atoms with Crippen LogP contribution in [0, 0.1) is 5.92 Å². The normalized spacial score (nSPS) is 16.1. The van der Waals surface area contributed by atoms with Crippen molar-refractivity contribution in [1.82, 2.24) is 20.1 Å². The number of hydrogen-bond acceptors (Lipinski definition) is 5. The van der Waals surface area contributed by atoms with E-state index in [-0.39, 0.29) is 5.91 Å². The summed E-state index contributed by atoms with van der Waals surface area (Å²) in [5, 5.41) is 11.7. The molecule has 2 aromatic heterocycles. The Morgan fingerprint density at radius 2 is 2.06 bits per heavy atom. The number of ether oxygens (including phenoxy) is 1. The van der Waals surface area contributed by atoms with Crippen LogP contribution in [0.15, 0.2) is 67.1 Å². The number of carbonyl (C=O) groups excluding carboxylic acids is 1. The highest BCUT2D eigenvalue weighted by Crippen LogP contribution is 2.28. The van der Waals surface area contributed by atoms with Crippen molar-refractivity contribution in [1.29, 1.82) is 0 Å². The van der Waals surface area contributed by atoms with Crippen molar-refractivity contribution in [3.05, 3.63) is 83.8 Å². The molecule has 1 aliphatic heterocycles. The van der Waals surface area contributed by atoms with Gasteiger partial charge in [-0.2, -0.15) is 5.10 Å². The van der Waals surface area contributed by atoms with Gasteiger partial charge in [-0.1, -0.05) is 12.1 Å². The molecule has 1 unspecified atom stereocenters. The number of benzene rings is 2. The van der Waals surface area contributed by atoms with Gasteiger partial charge in [0.1, 0.15) is 5.75 Å². The zero-order valence-corrected chi connectivity index (χ0v) is 20.0. The molecule has 1 saturated heterocycles. The zero-order chi connectivity index (χ0) is 24.0. The molecule has 2 N–H and O–H groups in total. The Hall–Kier alpha value is -3.87. The number of hydrogen-bond donors (Lipinski definition) is 2. The minimum Gasteiger partial charge on any atom is -0.495 e. The molecule has 0 aliphatic carbocycles. The smallest absolute Gasteiger partial charge is 0.253 e. The lowest BCUT2D eigenvalue weighted by molar-refractivity contribution is 0.0760. The summed E-state index contributed by atoms with van der Waals surface area (Å²) in [6.45, 7) is 2.18. The first-order valence-electron chi connectivity index (χ1n) is 12.2. The predicted molar refractivity (Wildman–Crippen MR) is 138 cm³/mol. The third-order valence-electron chi connectivity index (χ3n) is 6.82. The number of aromatic amines is 1. The van der Waals surface area contributed by atoms with E-state index in [1.165, 1.54) is 5.56 Å². The van der Waals surface area contributed by atoms with Gasteiger partial charge in [0.2, 0.25) is 0 Å². The summed E-state index contributed by atoms with van der Waals surface area (Å²) in [7, 11) is 1.64. The van der Waals surface area contributed by atoms with Crippen molar-refractivity contribution in [2.45, 2.75) is 32.2 Å². The van der Waals surface area contributed by atoms with E-state index in [4.69, 9.17) is 4.74 Å². The lowest BCUT2D eigenvalue weighted by Gasteiger charge is -2.22. The fourth-order valence-electron chi connectivity index (χ4n) is 4.89. The van der Waals surface area contributed by atoms with E-state index in [0.29, 0.717) is 18.0 Å². The van der Waals surface area contributed by atoms with Crippen LogP contribution in [0.2, 0.25) is 0 Å². The Morgan fingerprint density at radius 3 is 2.91 bits per heavy atom. The summed E-state index contributed by atoms with van der Waals surface area (Å²) in [4.78, 5) is 19.6. The highest BCUT2D eigenvalue weighted by Gasteiger charge is 2.23. The van der Waals surface area contributed by atoms with Crippen LogP contribution in [0.25, 0.3) is 10.9 Å². The van der Waals surface area contributed by atoms with Crippen molar-refractivity contribution in [2.75, 3.05) is 25.5 Å². The molecule has 7 heteroatoms. The van der Waals surface area contributed by atoms with Crippen molar-refractivity contribution >= 4 is 22.5 Å². The number of amides is 1. The molecule has 1 aliphatic rings. The second-order valence-corrected chi connectivity index (χ2v) is 9.21. The SMILES string of the molecule is COc1ccc(C(=O)N2CCCC(Cc3ccc4[nH]ncc4c3)CC2)cc1NCc1cccnc1. The molecule has 7 nitrogen and oxygen atoms in total. The first-order valence-corrected chi connectivity index (χ1v) is 12.2. The van der Waals surface area contributed by atoms with Crippen LogP contribution < -0.4 is 10.1 Å². The van der Waals surface area contributed by atoms with Gasteiger partial charge in [0.25, 0.3) is 5.91 Å². The average Bonchev–Trinajstić information content (AvgIpc) is 3.25. The molecule has 1 fully saturated rings. The predicted octanol–water partition coefficient (Wildman–Crippen LogP) is 5.06. The number of methoxy groups -OCH3 is 1. The average molecular weight is 470 g/mol. The van der Waals surface area contributed by atoms with Crippen LogP contribution in [0.4, 0.5) is 5.69 Å². The second-order valence-electron chi connectivity index (χ2n) is 9.21. The Balaban J connectivity index is 1.23. The molecule has 180 valence electrons. The number of anilines is 1. The zero-order valence-electron chi connectivity index (χ0n) is 20.0. The van der Waals surface area contributed by atoms with Gasteiger partial charge in [-0.05, 0) is 79.1 Å². The monoisotopic (exact) mass is 469 g/mol. The maximum atomic E-state index is 13.4. The first-order chi connectivity index (χ1) is 17.2. The number of fused-ring (bicyclic) bond motifs is 1. The number of aromatic nitrogens is 3. The fraction of sp³-hybridized carbons (Fsp3) is 0.321. The summed E-state index contributed by atoms with van der Waals surface area (Å²) in [6.07, 6.45) is 9.66. The van der Waals surface area contributed by atoms with Crippen LogP contribution in [0.3, 0.4) is 0 Å². The van der Waals surface area contributed by atoms with Gasteiger partial charge in [0.05, 0.1) is 24.5 Å². The van der Waals surface area contributed by atoms with E-state index in [9.17, 15) is 4.79 Å². The molecule has 4 aromatic rings. The van der Waals surface area contributed by atoms with Gasteiger partial charge in [-0.15, -0.1) is 0 Å². The standard InChI is InChI=1S/C28H31N5O2/c1-35-27-9-7-23(16-26(27)30-18-22-4-2-11-29-17-22)28(34)33-12-3-5-20(10-13-33)14-21-6-8-25-24(15-21)19-31-32-25/h2,4,6-9,11,15-17,19-20,30H,3,5,10,12-14,18H2,1H3,(H,31,32). The third-order valence-corrected chi connectivity index (χ3v) is 6.82. The van der Waals surface area contributed by atoms with Crippen LogP contribution in [-0.4, -0.2) is 46.2 Å². The van der Waals surface area contributed by atoms with Crippen LogP contribution >= 0.6 is 0 Å². The van der Waals surface area contributed by atoms with Crippen molar-refractivity contribution in [2.24, 2.45) is 5.92 Å². The Kier molecular flexibility index (Phi) is 6.93.